The van der Waals surface area contributed by atoms with Gasteiger partial charge in [0.25, 0.3) is 0 Å². The summed E-state index contributed by atoms with van der Waals surface area (Å²) in [4.78, 5) is 0. The first-order valence-corrected chi connectivity index (χ1v) is 6.47. The number of benzene rings is 1. The number of aliphatic hydroxyl groups is 2. The normalized spacial score (nSPS) is 12.4. The molecule has 4 heteroatoms. The van der Waals surface area contributed by atoms with Crippen molar-refractivity contribution in [2.45, 2.75) is 25.9 Å². The van der Waals surface area contributed by atoms with E-state index in [1.54, 1.807) is 0 Å². The Morgan fingerprint density at radius 2 is 2.22 bits per heavy atom. The van der Waals surface area contributed by atoms with E-state index in [4.69, 9.17) is 9.84 Å². The van der Waals surface area contributed by atoms with Gasteiger partial charge in [0.05, 0.1) is 0 Å². The summed E-state index contributed by atoms with van der Waals surface area (Å²) >= 11 is 0. The lowest BCUT2D eigenvalue weighted by atomic mass is 10.2. The average Bonchev–Trinajstić information content (AvgIpc) is 2.41. The first kappa shape index (κ1) is 15.0. The SMILES string of the molecule is CCc1cccc(OCC(O)CNCCCO)c1. The summed E-state index contributed by atoms with van der Waals surface area (Å²) in [6.07, 6.45) is 1.14. The van der Waals surface area contributed by atoms with Crippen molar-refractivity contribution < 1.29 is 14.9 Å². The van der Waals surface area contributed by atoms with E-state index in [9.17, 15) is 5.11 Å². The van der Waals surface area contributed by atoms with Crippen molar-refractivity contribution in [3.8, 4) is 5.75 Å². The van der Waals surface area contributed by atoms with Gasteiger partial charge >= 0.3 is 0 Å². The first-order chi connectivity index (χ1) is 8.76. The third kappa shape index (κ3) is 6.00. The molecular weight excluding hydrogens is 230 g/mol. The molecule has 102 valence electrons. The molecular formula is C14H23NO3. The van der Waals surface area contributed by atoms with Gasteiger partial charge in [-0.05, 0) is 37.1 Å². The van der Waals surface area contributed by atoms with E-state index < -0.39 is 6.10 Å². The molecule has 0 heterocycles. The highest BCUT2D eigenvalue weighted by Gasteiger charge is 2.04. The third-order valence-corrected chi connectivity index (χ3v) is 2.64. The summed E-state index contributed by atoms with van der Waals surface area (Å²) in [5.41, 5.74) is 1.23. The predicted molar refractivity (Wildman–Crippen MR) is 71.9 cm³/mol. The second-order valence-corrected chi connectivity index (χ2v) is 4.25. The van der Waals surface area contributed by atoms with E-state index in [-0.39, 0.29) is 13.2 Å². The molecule has 1 rings (SSSR count). The Labute approximate surface area is 109 Å². The smallest absolute Gasteiger partial charge is 0.119 e. The minimum atomic E-state index is -0.533. The highest BCUT2D eigenvalue weighted by molar-refractivity contribution is 5.28. The van der Waals surface area contributed by atoms with Crippen molar-refractivity contribution >= 4 is 0 Å². The Hall–Kier alpha value is -1.10. The molecule has 18 heavy (non-hydrogen) atoms. The van der Waals surface area contributed by atoms with Crippen molar-refractivity contribution in [2.75, 3.05) is 26.3 Å². The van der Waals surface area contributed by atoms with Gasteiger partial charge in [0.15, 0.2) is 0 Å². The molecule has 0 aromatic heterocycles. The van der Waals surface area contributed by atoms with Crippen LogP contribution in [0.1, 0.15) is 18.9 Å². The molecule has 0 amide bonds. The van der Waals surface area contributed by atoms with Gasteiger partial charge in [-0.25, -0.2) is 0 Å². The van der Waals surface area contributed by atoms with Crippen LogP contribution in [0.4, 0.5) is 0 Å². The molecule has 1 aromatic rings. The summed E-state index contributed by atoms with van der Waals surface area (Å²) in [7, 11) is 0. The van der Waals surface area contributed by atoms with E-state index in [2.05, 4.69) is 18.3 Å². The number of nitrogens with one attached hydrogen (secondary N) is 1. The predicted octanol–water partition coefficient (Wildman–Crippen LogP) is 0.961. The maximum absolute atomic E-state index is 9.69. The van der Waals surface area contributed by atoms with Gasteiger partial charge in [0.1, 0.15) is 18.5 Å². The molecule has 0 aliphatic rings. The maximum Gasteiger partial charge on any atom is 0.119 e. The Kier molecular flexibility index (Phi) is 7.41. The molecule has 3 N–H and O–H groups in total. The molecule has 0 spiro atoms. The van der Waals surface area contributed by atoms with Crippen LogP contribution in [0.25, 0.3) is 0 Å². The quantitative estimate of drug-likeness (QED) is 0.574. The highest BCUT2D eigenvalue weighted by Crippen LogP contribution is 2.13. The number of ether oxygens (including phenoxy) is 1. The zero-order valence-corrected chi connectivity index (χ0v) is 10.9. The Morgan fingerprint density at radius 1 is 1.39 bits per heavy atom. The van der Waals surface area contributed by atoms with Crippen molar-refractivity contribution in [1.82, 2.24) is 5.32 Å². The van der Waals surface area contributed by atoms with E-state index in [0.29, 0.717) is 19.5 Å². The van der Waals surface area contributed by atoms with Crippen LogP contribution in [0.3, 0.4) is 0 Å². The van der Waals surface area contributed by atoms with Crippen molar-refractivity contribution in [3.63, 3.8) is 0 Å². The van der Waals surface area contributed by atoms with E-state index >= 15 is 0 Å². The molecule has 4 nitrogen and oxygen atoms in total. The van der Waals surface area contributed by atoms with Gasteiger partial charge in [-0.1, -0.05) is 19.1 Å². The van der Waals surface area contributed by atoms with Crippen molar-refractivity contribution in [1.29, 1.82) is 0 Å². The molecule has 1 unspecified atom stereocenters. The molecule has 0 radical (unpaired) electrons. The fourth-order valence-corrected chi connectivity index (χ4v) is 1.58. The lowest BCUT2D eigenvalue weighted by Gasteiger charge is -2.13. The fraction of sp³-hybridized carbons (Fsp3) is 0.571. The lowest BCUT2D eigenvalue weighted by molar-refractivity contribution is 0.106. The van der Waals surface area contributed by atoms with Gasteiger partial charge < -0.3 is 20.3 Å². The van der Waals surface area contributed by atoms with Crippen LogP contribution in [0, 0.1) is 0 Å². The zero-order chi connectivity index (χ0) is 13.2. The average molecular weight is 253 g/mol. The number of hydrogen-bond acceptors (Lipinski definition) is 4. The molecule has 0 saturated heterocycles. The summed E-state index contributed by atoms with van der Waals surface area (Å²) in [6, 6.07) is 7.90. The second kappa shape index (κ2) is 8.91. The minimum Gasteiger partial charge on any atom is -0.491 e. The molecule has 0 bridgehead atoms. The number of rotatable bonds is 9. The van der Waals surface area contributed by atoms with Gasteiger partial charge in [-0.3, -0.25) is 0 Å². The summed E-state index contributed by atoms with van der Waals surface area (Å²) in [5, 5.41) is 21.3. The van der Waals surface area contributed by atoms with E-state index in [0.717, 1.165) is 12.2 Å². The summed E-state index contributed by atoms with van der Waals surface area (Å²) in [5.74, 6) is 0.795. The van der Waals surface area contributed by atoms with Crippen LogP contribution >= 0.6 is 0 Å². The Bertz CT molecular complexity index is 331. The van der Waals surface area contributed by atoms with Crippen LogP contribution < -0.4 is 10.1 Å². The maximum atomic E-state index is 9.69. The van der Waals surface area contributed by atoms with Crippen LogP contribution in [0.2, 0.25) is 0 Å². The van der Waals surface area contributed by atoms with Gasteiger partial charge in [0.2, 0.25) is 0 Å². The van der Waals surface area contributed by atoms with Crippen molar-refractivity contribution in [2.24, 2.45) is 0 Å². The summed E-state index contributed by atoms with van der Waals surface area (Å²) < 4.78 is 5.53. The molecule has 0 aliphatic heterocycles. The van der Waals surface area contributed by atoms with E-state index in [1.165, 1.54) is 5.56 Å². The Morgan fingerprint density at radius 3 is 2.94 bits per heavy atom. The zero-order valence-electron chi connectivity index (χ0n) is 10.9. The molecule has 1 aromatic carbocycles. The minimum absolute atomic E-state index is 0.170. The molecule has 0 aliphatic carbocycles. The lowest BCUT2D eigenvalue weighted by Crippen LogP contribution is -2.32. The molecule has 1 atom stereocenters. The Balaban J connectivity index is 2.22. The topological polar surface area (TPSA) is 61.7 Å². The monoisotopic (exact) mass is 253 g/mol. The number of hydrogen-bond donors (Lipinski definition) is 3. The van der Waals surface area contributed by atoms with Gasteiger partial charge in [-0.15, -0.1) is 0 Å². The van der Waals surface area contributed by atoms with Crippen molar-refractivity contribution in [3.05, 3.63) is 29.8 Å². The van der Waals surface area contributed by atoms with Crippen LogP contribution in [-0.2, 0) is 6.42 Å². The van der Waals surface area contributed by atoms with Gasteiger partial charge in [0, 0.05) is 13.2 Å². The third-order valence-electron chi connectivity index (χ3n) is 2.64. The number of aliphatic hydroxyl groups excluding tert-OH is 2. The van der Waals surface area contributed by atoms with Gasteiger partial charge in [-0.2, -0.15) is 0 Å². The highest BCUT2D eigenvalue weighted by atomic mass is 16.5. The fourth-order valence-electron chi connectivity index (χ4n) is 1.58. The van der Waals surface area contributed by atoms with Crippen LogP contribution in [0.5, 0.6) is 5.75 Å². The van der Waals surface area contributed by atoms with Crippen LogP contribution in [-0.4, -0.2) is 42.6 Å². The first-order valence-electron chi connectivity index (χ1n) is 6.47. The van der Waals surface area contributed by atoms with Crippen LogP contribution in [0.15, 0.2) is 24.3 Å². The summed E-state index contributed by atoms with van der Waals surface area (Å²) in [6.45, 7) is 3.73. The second-order valence-electron chi connectivity index (χ2n) is 4.25. The molecule has 0 fully saturated rings. The molecule has 0 saturated carbocycles. The largest absolute Gasteiger partial charge is 0.491 e. The standard InChI is InChI=1S/C14H23NO3/c1-2-12-5-3-6-14(9-12)18-11-13(17)10-15-7-4-8-16/h3,5-6,9,13,15-17H,2,4,7-8,10-11H2,1H3. The van der Waals surface area contributed by atoms with E-state index in [1.807, 2.05) is 18.2 Å². The number of aryl methyl sites for hydroxylation is 1.